The highest BCUT2D eigenvalue weighted by Crippen LogP contribution is 2.34. The summed E-state index contributed by atoms with van der Waals surface area (Å²) in [5, 5.41) is 5.65. The summed E-state index contributed by atoms with van der Waals surface area (Å²) in [5.41, 5.74) is 7.85. The second kappa shape index (κ2) is 12.3. The molecule has 0 bridgehead atoms. The van der Waals surface area contributed by atoms with E-state index in [9.17, 15) is 4.79 Å². The summed E-state index contributed by atoms with van der Waals surface area (Å²) in [6.07, 6.45) is 1.49. The molecule has 0 spiro atoms. The molecule has 5 aromatic rings. The van der Waals surface area contributed by atoms with Crippen molar-refractivity contribution in [3.8, 4) is 39.6 Å². The van der Waals surface area contributed by atoms with Gasteiger partial charge < -0.3 is 14.2 Å². The summed E-state index contributed by atoms with van der Waals surface area (Å²) in [7, 11) is 3.14. The van der Waals surface area contributed by atoms with Gasteiger partial charge in [0.05, 0.1) is 31.6 Å². The molecule has 5 rings (SSSR count). The van der Waals surface area contributed by atoms with Crippen LogP contribution in [0.5, 0.6) is 17.2 Å². The fourth-order valence-corrected chi connectivity index (χ4v) is 4.39. The quantitative estimate of drug-likeness (QED) is 0.161. The second-order valence-electron chi connectivity index (χ2n) is 8.80. The molecule has 8 heteroatoms. The molecule has 7 nitrogen and oxygen atoms in total. The van der Waals surface area contributed by atoms with Crippen LogP contribution < -0.4 is 19.6 Å². The highest BCUT2D eigenvalue weighted by Gasteiger charge is 2.11. The third-order valence-corrected chi connectivity index (χ3v) is 6.44. The van der Waals surface area contributed by atoms with E-state index < -0.39 is 5.91 Å². The van der Waals surface area contributed by atoms with Gasteiger partial charge in [-0.1, -0.05) is 41.9 Å². The molecular weight excluding hydrogens is 526 g/mol. The fourth-order valence-electron chi connectivity index (χ4n) is 4.22. The Balaban J connectivity index is 1.27. The first-order valence-corrected chi connectivity index (χ1v) is 12.8. The summed E-state index contributed by atoms with van der Waals surface area (Å²) < 4.78 is 16.2. The minimum absolute atomic E-state index is 0.195. The average Bonchev–Trinajstić information content (AvgIpc) is 3.00. The number of halogens is 1. The molecule has 1 N–H and O–H groups in total. The van der Waals surface area contributed by atoms with Crippen molar-refractivity contribution >= 4 is 34.6 Å². The van der Waals surface area contributed by atoms with Crippen molar-refractivity contribution in [1.29, 1.82) is 0 Å². The number of benzene rings is 4. The van der Waals surface area contributed by atoms with Crippen LogP contribution >= 0.6 is 11.6 Å². The van der Waals surface area contributed by atoms with E-state index >= 15 is 0 Å². The molecule has 0 radical (unpaired) electrons. The molecular formula is C32H26ClN3O4. The van der Waals surface area contributed by atoms with E-state index in [1.165, 1.54) is 6.21 Å². The van der Waals surface area contributed by atoms with Gasteiger partial charge in [-0.2, -0.15) is 5.10 Å². The zero-order chi connectivity index (χ0) is 27.9. The van der Waals surface area contributed by atoms with Crippen LogP contribution in [0, 0.1) is 0 Å². The third-order valence-electron chi connectivity index (χ3n) is 6.21. The van der Waals surface area contributed by atoms with Gasteiger partial charge in [-0.25, -0.2) is 10.4 Å². The number of nitrogens with one attached hydrogen (secondary N) is 1. The van der Waals surface area contributed by atoms with Gasteiger partial charge in [0.25, 0.3) is 5.91 Å². The molecule has 1 amide bonds. The summed E-state index contributed by atoms with van der Waals surface area (Å²) in [4.78, 5) is 17.1. The van der Waals surface area contributed by atoms with Gasteiger partial charge in [0, 0.05) is 21.5 Å². The van der Waals surface area contributed by atoms with Crippen LogP contribution in [0.25, 0.3) is 33.3 Å². The number of nitrogens with zero attached hydrogens (tertiary/aromatic N) is 2. The predicted molar refractivity (Wildman–Crippen MR) is 158 cm³/mol. The monoisotopic (exact) mass is 551 g/mol. The molecule has 0 aliphatic heterocycles. The summed E-state index contributed by atoms with van der Waals surface area (Å²) in [6.45, 7) is -0.195. The molecule has 200 valence electrons. The van der Waals surface area contributed by atoms with Gasteiger partial charge in [0.1, 0.15) is 17.2 Å². The molecule has 0 atom stereocenters. The molecule has 40 heavy (non-hydrogen) atoms. The maximum Gasteiger partial charge on any atom is 0.277 e. The topological polar surface area (TPSA) is 82.0 Å². The number of fused-ring (bicyclic) bond motifs is 1. The third kappa shape index (κ3) is 6.22. The van der Waals surface area contributed by atoms with Crippen molar-refractivity contribution in [1.82, 2.24) is 10.4 Å². The van der Waals surface area contributed by atoms with Crippen molar-refractivity contribution in [2.24, 2.45) is 5.10 Å². The zero-order valence-electron chi connectivity index (χ0n) is 21.9. The van der Waals surface area contributed by atoms with Gasteiger partial charge in [-0.05, 0) is 77.9 Å². The molecule has 1 aromatic heterocycles. The minimum atomic E-state index is -0.399. The number of ether oxygens (including phenoxy) is 3. The molecule has 0 saturated heterocycles. The van der Waals surface area contributed by atoms with Crippen LogP contribution in [0.3, 0.4) is 0 Å². The van der Waals surface area contributed by atoms with E-state index in [0.29, 0.717) is 27.8 Å². The first-order chi connectivity index (χ1) is 19.5. The number of hydrazone groups is 1. The SMILES string of the molecule is COc1ccc(OC)c(/C=N\NC(=O)COc2ccc(-c3cc(-c4ccccc4)c4cc(Cl)ccc4n3)cc2)c1. The van der Waals surface area contributed by atoms with Gasteiger partial charge in [-0.15, -0.1) is 0 Å². The Morgan fingerprint density at radius 1 is 0.875 bits per heavy atom. The smallest absolute Gasteiger partial charge is 0.277 e. The van der Waals surface area contributed by atoms with Crippen molar-refractivity contribution < 1.29 is 19.0 Å². The largest absolute Gasteiger partial charge is 0.497 e. The highest BCUT2D eigenvalue weighted by molar-refractivity contribution is 6.31. The number of methoxy groups -OCH3 is 2. The maximum atomic E-state index is 12.3. The van der Waals surface area contributed by atoms with E-state index in [0.717, 1.165) is 33.3 Å². The van der Waals surface area contributed by atoms with Crippen LogP contribution in [0.4, 0.5) is 0 Å². The van der Waals surface area contributed by atoms with Crippen molar-refractivity contribution in [2.45, 2.75) is 0 Å². The van der Waals surface area contributed by atoms with Crippen molar-refractivity contribution in [3.63, 3.8) is 0 Å². The lowest BCUT2D eigenvalue weighted by Crippen LogP contribution is -2.24. The number of carbonyl (C=O) groups is 1. The van der Waals surface area contributed by atoms with Crippen LogP contribution in [0.15, 0.2) is 102 Å². The number of hydrogen-bond donors (Lipinski definition) is 1. The molecule has 0 saturated carbocycles. The Hall–Kier alpha value is -4.88. The van der Waals surface area contributed by atoms with Gasteiger partial charge >= 0.3 is 0 Å². The van der Waals surface area contributed by atoms with E-state index in [1.807, 2.05) is 60.7 Å². The number of amides is 1. The number of rotatable bonds is 9. The lowest BCUT2D eigenvalue weighted by Gasteiger charge is -2.11. The lowest BCUT2D eigenvalue weighted by molar-refractivity contribution is -0.123. The first kappa shape index (κ1) is 26.7. The summed E-state index contributed by atoms with van der Waals surface area (Å²) in [6, 6.07) is 30.7. The van der Waals surface area contributed by atoms with Crippen LogP contribution in [-0.2, 0) is 4.79 Å². The van der Waals surface area contributed by atoms with Gasteiger partial charge in [0.2, 0.25) is 0 Å². The number of carbonyl (C=O) groups excluding carboxylic acids is 1. The van der Waals surface area contributed by atoms with Crippen LogP contribution in [-0.4, -0.2) is 37.9 Å². The lowest BCUT2D eigenvalue weighted by atomic mass is 9.98. The average molecular weight is 552 g/mol. The standard InChI is InChI=1S/C32H26ClN3O4/c1-38-26-13-15-31(39-2)23(16-26)19-34-36-32(37)20-40-25-11-8-22(9-12-25)30-18-27(21-6-4-3-5-7-21)28-17-24(33)10-14-29(28)35-30/h3-19H,20H2,1-2H3,(H,36,37)/b34-19-. The predicted octanol–water partition coefficient (Wildman–Crippen LogP) is 6.77. The fraction of sp³-hybridized carbons (Fsp3) is 0.0938. The van der Waals surface area contributed by atoms with Crippen molar-refractivity contribution in [2.75, 3.05) is 20.8 Å². The Morgan fingerprint density at radius 2 is 1.65 bits per heavy atom. The van der Waals surface area contributed by atoms with E-state index in [4.69, 9.17) is 30.8 Å². The van der Waals surface area contributed by atoms with Crippen LogP contribution in [0.2, 0.25) is 5.02 Å². The molecule has 1 heterocycles. The van der Waals surface area contributed by atoms with Gasteiger partial charge in [0.15, 0.2) is 6.61 Å². The molecule has 0 aliphatic rings. The van der Waals surface area contributed by atoms with E-state index in [-0.39, 0.29) is 6.61 Å². The Bertz CT molecular complexity index is 1670. The van der Waals surface area contributed by atoms with E-state index in [1.54, 1.807) is 32.4 Å². The van der Waals surface area contributed by atoms with Crippen molar-refractivity contribution in [3.05, 3.63) is 108 Å². The Kier molecular flexibility index (Phi) is 8.23. The number of aromatic nitrogens is 1. The summed E-state index contributed by atoms with van der Waals surface area (Å²) >= 11 is 6.30. The molecule has 4 aromatic carbocycles. The molecule has 0 unspecified atom stereocenters. The molecule has 0 aliphatic carbocycles. The summed E-state index contributed by atoms with van der Waals surface area (Å²) in [5.74, 6) is 1.41. The van der Waals surface area contributed by atoms with E-state index in [2.05, 4.69) is 28.7 Å². The molecule has 0 fully saturated rings. The van der Waals surface area contributed by atoms with Gasteiger partial charge in [-0.3, -0.25) is 4.79 Å². The number of hydrogen-bond acceptors (Lipinski definition) is 6. The minimum Gasteiger partial charge on any atom is -0.497 e. The van der Waals surface area contributed by atoms with Crippen LogP contribution in [0.1, 0.15) is 5.56 Å². The zero-order valence-corrected chi connectivity index (χ0v) is 22.7. The Labute approximate surface area is 237 Å². The first-order valence-electron chi connectivity index (χ1n) is 12.5. The second-order valence-corrected chi connectivity index (χ2v) is 9.23. The highest BCUT2D eigenvalue weighted by atomic mass is 35.5. The number of pyridine rings is 1. The Morgan fingerprint density at radius 3 is 2.40 bits per heavy atom. The normalized spacial score (nSPS) is 11.0. The maximum absolute atomic E-state index is 12.3.